The summed E-state index contributed by atoms with van der Waals surface area (Å²) in [4.78, 5) is 0. The summed E-state index contributed by atoms with van der Waals surface area (Å²) in [5, 5.41) is 0. The van der Waals surface area contributed by atoms with Gasteiger partial charge >= 0.3 is 6.43 Å². The molecule has 0 aromatic rings. The molecule has 1 radical (unpaired) electrons. The van der Waals surface area contributed by atoms with E-state index in [1.54, 1.807) is 0 Å². The highest BCUT2D eigenvalue weighted by Crippen LogP contribution is 2.29. The summed E-state index contributed by atoms with van der Waals surface area (Å²) in [6.07, 6.45) is -1.51. The highest BCUT2D eigenvalue weighted by atomic mass is 19.3. The fourth-order valence-electron chi connectivity index (χ4n) is 0. The molecule has 0 saturated carbocycles. The maximum atomic E-state index is 11.5. The third kappa shape index (κ3) is 2.54. The summed E-state index contributed by atoms with van der Waals surface area (Å²) in [5.74, 6) is 0. The third-order valence-electron chi connectivity index (χ3n) is 0.567. The van der Waals surface area contributed by atoms with Crippen molar-refractivity contribution in [3.8, 4) is 0 Å². The fourth-order valence-corrected chi connectivity index (χ4v) is 0. The van der Waals surface area contributed by atoms with Crippen molar-refractivity contribution in [1.82, 2.24) is 0 Å². The van der Waals surface area contributed by atoms with Gasteiger partial charge in [-0.15, -0.1) is 0 Å². The van der Waals surface area contributed by atoms with Crippen molar-refractivity contribution in [2.75, 3.05) is 0 Å². The Bertz CT molecular complexity index is 51.6. The smallest absolute Gasteiger partial charge is 0.199 e. The molecule has 7 heavy (non-hydrogen) atoms. The summed E-state index contributed by atoms with van der Waals surface area (Å²) in [7, 11) is 0. The molecule has 0 atom stereocenters. The van der Waals surface area contributed by atoms with Gasteiger partial charge in [0.15, 0.2) is 0 Å². The van der Waals surface area contributed by atoms with Crippen LogP contribution in [0.3, 0.4) is 0 Å². The van der Waals surface area contributed by atoms with Gasteiger partial charge in [-0.1, -0.05) is 20.8 Å². The summed E-state index contributed by atoms with van der Waals surface area (Å²) in [6.45, 7) is 4.42. The van der Waals surface area contributed by atoms with Gasteiger partial charge in [-0.3, -0.25) is 0 Å². The zero-order valence-corrected chi connectivity index (χ0v) is 4.76. The van der Waals surface area contributed by atoms with Gasteiger partial charge in [-0.05, 0) is 0 Å². The first-order valence-corrected chi connectivity index (χ1v) is 2.13. The van der Waals surface area contributed by atoms with Gasteiger partial charge in [0.25, 0.3) is 0 Å². The van der Waals surface area contributed by atoms with E-state index in [4.69, 9.17) is 0 Å². The first-order chi connectivity index (χ1) is 2.94. The minimum Gasteiger partial charge on any atom is -0.199 e. The Morgan fingerprint density at radius 2 is 1.29 bits per heavy atom. The molecule has 0 unspecified atom stereocenters. The lowest BCUT2D eigenvalue weighted by molar-refractivity contribution is 0.154. The van der Waals surface area contributed by atoms with Crippen LogP contribution in [0.5, 0.6) is 0 Å². The van der Waals surface area contributed by atoms with E-state index < -0.39 is 11.8 Å². The van der Waals surface area contributed by atoms with E-state index in [1.165, 1.54) is 20.8 Å². The Labute approximate surface area is 42.5 Å². The summed E-state index contributed by atoms with van der Waals surface area (Å²) in [5.41, 5.74) is -0.917. The van der Waals surface area contributed by atoms with Crippen LogP contribution in [0.15, 0.2) is 0 Å². The topological polar surface area (TPSA) is 0 Å². The van der Waals surface area contributed by atoms with Crippen LogP contribution in [-0.4, -0.2) is 0 Å². The molecule has 0 bridgehead atoms. The van der Waals surface area contributed by atoms with Crippen LogP contribution in [0, 0.1) is 11.8 Å². The monoisotopic (exact) mass is 107 g/mol. The van der Waals surface area contributed by atoms with Gasteiger partial charge in [-0.25, -0.2) is 0 Å². The van der Waals surface area contributed by atoms with Crippen LogP contribution in [0.1, 0.15) is 20.8 Å². The Morgan fingerprint density at radius 3 is 1.29 bits per heavy atom. The van der Waals surface area contributed by atoms with Gasteiger partial charge in [0, 0.05) is 5.41 Å². The quantitative estimate of drug-likeness (QED) is 0.446. The number of hydrogen-bond acceptors (Lipinski definition) is 0. The maximum Gasteiger partial charge on any atom is 0.315 e. The van der Waals surface area contributed by atoms with Gasteiger partial charge in [0.05, 0.1) is 0 Å². The van der Waals surface area contributed by atoms with E-state index in [1.807, 2.05) is 0 Å². The zero-order chi connectivity index (χ0) is 6.08. The van der Waals surface area contributed by atoms with Crippen LogP contribution in [-0.2, 0) is 0 Å². The minimum absolute atomic E-state index is 0.917. The summed E-state index contributed by atoms with van der Waals surface area (Å²) in [6, 6.07) is 0. The Hall–Kier alpha value is -0.140. The normalized spacial score (nSPS) is 12.9. The Morgan fingerprint density at radius 1 is 1.14 bits per heavy atom. The van der Waals surface area contributed by atoms with E-state index in [-0.39, 0.29) is 0 Å². The average molecular weight is 107 g/mol. The van der Waals surface area contributed by atoms with Crippen LogP contribution < -0.4 is 0 Å². The first-order valence-electron chi connectivity index (χ1n) is 2.13. The van der Waals surface area contributed by atoms with Crippen molar-refractivity contribution in [3.63, 3.8) is 0 Å². The van der Waals surface area contributed by atoms with E-state index in [0.29, 0.717) is 0 Å². The minimum atomic E-state index is -1.51. The number of halogens is 2. The largest absolute Gasteiger partial charge is 0.315 e. The number of hydrogen-bond donors (Lipinski definition) is 0. The number of rotatable bonds is 0. The van der Waals surface area contributed by atoms with E-state index in [2.05, 4.69) is 0 Å². The standard InChI is InChI=1S/C5H9F2/c1-5(2,3)4(6)7/h1-3H3. The molecule has 0 spiro atoms. The van der Waals surface area contributed by atoms with Crippen molar-refractivity contribution in [2.45, 2.75) is 20.8 Å². The summed E-state index contributed by atoms with van der Waals surface area (Å²) >= 11 is 0. The molecule has 0 amide bonds. The average Bonchev–Trinajstić information content (AvgIpc) is 1.31. The molecule has 0 nitrogen and oxygen atoms in total. The van der Waals surface area contributed by atoms with Crippen molar-refractivity contribution in [1.29, 1.82) is 0 Å². The van der Waals surface area contributed by atoms with Crippen LogP contribution in [0.4, 0.5) is 8.78 Å². The third-order valence-corrected chi connectivity index (χ3v) is 0.567. The van der Waals surface area contributed by atoms with Gasteiger partial charge in [-0.2, -0.15) is 8.78 Å². The predicted molar refractivity (Wildman–Crippen MR) is 24.9 cm³/mol. The SMILES string of the molecule is CC(C)(C)[C](F)F. The Balaban J connectivity index is 3.54. The lowest BCUT2D eigenvalue weighted by Crippen LogP contribution is -2.08. The highest BCUT2D eigenvalue weighted by Gasteiger charge is 2.24. The molecule has 0 N–H and O–H groups in total. The lowest BCUT2D eigenvalue weighted by Gasteiger charge is -2.13. The van der Waals surface area contributed by atoms with Crippen LogP contribution in [0.2, 0.25) is 0 Å². The van der Waals surface area contributed by atoms with Crippen LogP contribution in [0.25, 0.3) is 0 Å². The second-order valence-electron chi connectivity index (χ2n) is 2.51. The van der Waals surface area contributed by atoms with Crippen molar-refractivity contribution < 1.29 is 8.78 Å². The van der Waals surface area contributed by atoms with Crippen molar-refractivity contribution >= 4 is 0 Å². The van der Waals surface area contributed by atoms with E-state index in [9.17, 15) is 8.78 Å². The molecule has 2 heteroatoms. The lowest BCUT2D eigenvalue weighted by atomic mass is 9.98. The van der Waals surface area contributed by atoms with E-state index >= 15 is 0 Å². The zero-order valence-electron chi connectivity index (χ0n) is 4.76. The molecule has 0 saturated heterocycles. The highest BCUT2D eigenvalue weighted by molar-refractivity contribution is 4.77. The molecular formula is C5H9F2. The second-order valence-corrected chi connectivity index (χ2v) is 2.51. The fraction of sp³-hybridized carbons (Fsp3) is 0.800. The van der Waals surface area contributed by atoms with E-state index in [0.717, 1.165) is 0 Å². The maximum absolute atomic E-state index is 11.5. The molecule has 0 rings (SSSR count). The van der Waals surface area contributed by atoms with Gasteiger partial charge in [0.2, 0.25) is 0 Å². The second kappa shape index (κ2) is 1.76. The molecule has 0 fully saturated rings. The Kier molecular flexibility index (Phi) is 1.73. The molecule has 0 aliphatic carbocycles. The molecular weight excluding hydrogens is 98.1 g/mol. The molecule has 0 aliphatic rings. The summed E-state index contributed by atoms with van der Waals surface area (Å²) < 4.78 is 22.9. The van der Waals surface area contributed by atoms with Crippen molar-refractivity contribution in [3.05, 3.63) is 6.43 Å². The molecule has 0 aliphatic heterocycles. The predicted octanol–water partition coefficient (Wildman–Crippen LogP) is 2.46. The van der Waals surface area contributed by atoms with Crippen molar-refractivity contribution in [2.24, 2.45) is 5.41 Å². The van der Waals surface area contributed by atoms with Gasteiger partial charge < -0.3 is 0 Å². The molecule has 0 aromatic heterocycles. The molecule has 0 heterocycles. The van der Waals surface area contributed by atoms with Gasteiger partial charge in [0.1, 0.15) is 0 Å². The first kappa shape index (κ1) is 6.86. The van der Waals surface area contributed by atoms with Crippen LogP contribution >= 0.6 is 0 Å². The molecule has 43 valence electrons. The molecule has 0 aromatic carbocycles.